The average molecular weight is 398 g/mol. The molecule has 0 radical (unpaired) electrons. The lowest BCUT2D eigenvalue weighted by atomic mass is 10.2. The van der Waals surface area contributed by atoms with Crippen LogP contribution in [0.3, 0.4) is 0 Å². The lowest BCUT2D eigenvalue weighted by molar-refractivity contribution is -0.122. The Kier molecular flexibility index (Phi) is 4.93. The summed E-state index contributed by atoms with van der Waals surface area (Å²) in [7, 11) is 0. The summed E-state index contributed by atoms with van der Waals surface area (Å²) in [4.78, 5) is 19.6. The van der Waals surface area contributed by atoms with Gasteiger partial charge in [-0.1, -0.05) is 0 Å². The van der Waals surface area contributed by atoms with Crippen molar-refractivity contribution in [1.29, 1.82) is 0 Å². The van der Waals surface area contributed by atoms with Crippen LogP contribution in [-0.2, 0) is 4.79 Å². The first-order valence-electron chi connectivity index (χ1n) is 9.38. The van der Waals surface area contributed by atoms with Gasteiger partial charge in [-0.15, -0.1) is 0 Å². The third-order valence-corrected chi connectivity index (χ3v) is 5.91. The molecule has 0 atom stereocenters. The standard InChI is InChI=1S/C21H23N3O3S/c1-5-22-21-23(6-2)20(25)19(28-21)10-15-9-13(3)24(14(15)4)16-7-8-17-18(11-16)27-12-26-17/h7-11H,5-6,12H2,1-4H3/b19-10+,22-21?. The molecule has 3 heterocycles. The van der Waals surface area contributed by atoms with Crippen molar-refractivity contribution in [2.75, 3.05) is 19.9 Å². The van der Waals surface area contributed by atoms with Gasteiger partial charge in [0.05, 0.1) is 4.91 Å². The molecule has 0 aliphatic carbocycles. The number of fused-ring (bicyclic) bond motifs is 1. The average Bonchev–Trinajstić information content (AvgIpc) is 3.33. The van der Waals surface area contributed by atoms with E-state index in [2.05, 4.69) is 29.5 Å². The van der Waals surface area contributed by atoms with Gasteiger partial charge >= 0.3 is 0 Å². The smallest absolute Gasteiger partial charge is 0.266 e. The molecule has 7 heteroatoms. The number of hydrogen-bond acceptors (Lipinski definition) is 5. The molecule has 1 aromatic carbocycles. The second kappa shape index (κ2) is 7.39. The molecule has 0 spiro atoms. The van der Waals surface area contributed by atoms with Gasteiger partial charge in [0.1, 0.15) is 0 Å². The van der Waals surface area contributed by atoms with E-state index in [4.69, 9.17) is 9.47 Å². The fourth-order valence-corrected chi connectivity index (χ4v) is 4.63. The van der Waals surface area contributed by atoms with Crippen LogP contribution in [-0.4, -0.2) is 40.4 Å². The molecule has 2 aliphatic rings. The highest BCUT2D eigenvalue weighted by atomic mass is 32.2. The zero-order chi connectivity index (χ0) is 19.8. The maximum absolute atomic E-state index is 12.7. The van der Waals surface area contributed by atoms with Crippen LogP contribution in [0, 0.1) is 13.8 Å². The maximum Gasteiger partial charge on any atom is 0.266 e. The van der Waals surface area contributed by atoms with E-state index in [1.807, 2.05) is 38.1 Å². The molecule has 6 nitrogen and oxygen atoms in total. The van der Waals surface area contributed by atoms with Gasteiger partial charge in [-0.2, -0.15) is 0 Å². The predicted molar refractivity (Wildman–Crippen MR) is 112 cm³/mol. The van der Waals surface area contributed by atoms with Gasteiger partial charge in [0.2, 0.25) is 6.79 Å². The molecule has 1 saturated heterocycles. The van der Waals surface area contributed by atoms with E-state index in [1.54, 1.807) is 4.90 Å². The van der Waals surface area contributed by atoms with E-state index < -0.39 is 0 Å². The van der Waals surface area contributed by atoms with Crippen molar-refractivity contribution in [1.82, 2.24) is 9.47 Å². The minimum absolute atomic E-state index is 0.0209. The van der Waals surface area contributed by atoms with Crippen molar-refractivity contribution < 1.29 is 14.3 Å². The predicted octanol–water partition coefficient (Wildman–Crippen LogP) is 4.13. The quantitative estimate of drug-likeness (QED) is 0.728. The fraction of sp³-hybridized carbons (Fsp3) is 0.333. The number of aryl methyl sites for hydroxylation is 1. The first-order chi connectivity index (χ1) is 13.5. The van der Waals surface area contributed by atoms with Crippen molar-refractivity contribution in [3.63, 3.8) is 0 Å². The highest BCUT2D eigenvalue weighted by Crippen LogP contribution is 2.36. The number of nitrogens with zero attached hydrogens (tertiary/aromatic N) is 3. The zero-order valence-electron chi connectivity index (χ0n) is 16.5. The SMILES string of the molecule is CCN=C1S/C(=C/c2cc(C)n(-c3ccc4c(c3)OCO4)c2C)C(=O)N1CC. The topological polar surface area (TPSA) is 56.1 Å². The zero-order valence-corrected chi connectivity index (χ0v) is 17.3. The summed E-state index contributed by atoms with van der Waals surface area (Å²) < 4.78 is 13.1. The second-order valence-corrected chi connectivity index (χ2v) is 7.63. The van der Waals surface area contributed by atoms with Crippen molar-refractivity contribution in [3.05, 3.63) is 46.1 Å². The van der Waals surface area contributed by atoms with Gasteiger partial charge in [0.15, 0.2) is 16.7 Å². The van der Waals surface area contributed by atoms with Crippen molar-refractivity contribution in [3.8, 4) is 17.2 Å². The lowest BCUT2D eigenvalue weighted by Gasteiger charge is -2.11. The number of aromatic nitrogens is 1. The van der Waals surface area contributed by atoms with Crippen molar-refractivity contribution >= 4 is 28.9 Å². The number of likely N-dealkylation sites (N-methyl/N-ethyl adjacent to an activating group) is 1. The first kappa shape index (κ1) is 18.7. The summed E-state index contributed by atoms with van der Waals surface area (Å²) in [6.45, 7) is 9.62. The Morgan fingerprint density at radius 2 is 1.96 bits per heavy atom. The molecular formula is C21H23N3O3S. The van der Waals surface area contributed by atoms with Crippen molar-refractivity contribution in [2.45, 2.75) is 27.7 Å². The molecule has 146 valence electrons. The molecule has 0 N–H and O–H groups in total. The summed E-state index contributed by atoms with van der Waals surface area (Å²) in [5.41, 5.74) is 4.20. The van der Waals surface area contributed by atoms with E-state index in [0.29, 0.717) is 18.0 Å². The molecule has 1 amide bonds. The van der Waals surface area contributed by atoms with Crippen LogP contribution < -0.4 is 9.47 Å². The number of rotatable bonds is 4. The van der Waals surface area contributed by atoms with Crippen LogP contribution in [0.2, 0.25) is 0 Å². The number of thioether (sulfide) groups is 1. The number of amides is 1. The highest BCUT2D eigenvalue weighted by molar-refractivity contribution is 8.18. The molecule has 2 aliphatic heterocycles. The van der Waals surface area contributed by atoms with E-state index in [-0.39, 0.29) is 12.7 Å². The number of amidine groups is 1. The minimum atomic E-state index is 0.0209. The summed E-state index contributed by atoms with van der Waals surface area (Å²) in [6.07, 6.45) is 1.97. The van der Waals surface area contributed by atoms with E-state index in [1.165, 1.54) is 11.8 Å². The molecule has 0 bridgehead atoms. The van der Waals surface area contributed by atoms with Crippen LogP contribution in [0.25, 0.3) is 11.8 Å². The van der Waals surface area contributed by atoms with Crippen molar-refractivity contribution in [2.24, 2.45) is 4.99 Å². The largest absolute Gasteiger partial charge is 0.454 e. The van der Waals surface area contributed by atoms with Gasteiger partial charge in [0, 0.05) is 36.2 Å². The molecule has 0 saturated carbocycles. The molecule has 1 fully saturated rings. The van der Waals surface area contributed by atoms with Crippen LogP contribution in [0.15, 0.2) is 34.2 Å². The minimum Gasteiger partial charge on any atom is -0.454 e. The number of benzene rings is 1. The molecule has 4 rings (SSSR count). The molecule has 1 aromatic heterocycles. The Balaban J connectivity index is 1.71. The molecule has 28 heavy (non-hydrogen) atoms. The van der Waals surface area contributed by atoms with E-state index in [0.717, 1.165) is 39.3 Å². The van der Waals surface area contributed by atoms with Gasteiger partial charge in [0.25, 0.3) is 5.91 Å². The van der Waals surface area contributed by atoms with Crippen LogP contribution in [0.5, 0.6) is 11.5 Å². The molecule has 0 unspecified atom stereocenters. The Morgan fingerprint density at radius 3 is 2.71 bits per heavy atom. The van der Waals surface area contributed by atoms with Gasteiger partial charge in [-0.3, -0.25) is 14.7 Å². The molecular weight excluding hydrogens is 374 g/mol. The number of aliphatic imine (C=N–C) groups is 1. The highest BCUT2D eigenvalue weighted by Gasteiger charge is 2.32. The third-order valence-electron chi connectivity index (χ3n) is 4.87. The van der Waals surface area contributed by atoms with E-state index >= 15 is 0 Å². The fourth-order valence-electron chi connectivity index (χ4n) is 3.54. The Bertz CT molecular complexity index is 1010. The monoisotopic (exact) mass is 397 g/mol. The summed E-state index contributed by atoms with van der Waals surface area (Å²) in [6, 6.07) is 8.04. The number of hydrogen-bond donors (Lipinski definition) is 0. The molecule has 2 aromatic rings. The summed E-state index contributed by atoms with van der Waals surface area (Å²) in [5, 5.41) is 0.783. The van der Waals surface area contributed by atoms with Gasteiger partial charge < -0.3 is 14.0 Å². The number of ether oxygens (including phenoxy) is 2. The second-order valence-electron chi connectivity index (χ2n) is 6.62. The van der Waals surface area contributed by atoms with Crippen LogP contribution in [0.1, 0.15) is 30.8 Å². The van der Waals surface area contributed by atoms with Gasteiger partial charge in [-0.05, 0) is 69.3 Å². The third kappa shape index (κ3) is 3.09. The Labute approximate surface area is 168 Å². The maximum atomic E-state index is 12.7. The Morgan fingerprint density at radius 1 is 1.18 bits per heavy atom. The summed E-state index contributed by atoms with van der Waals surface area (Å²) in [5.74, 6) is 1.54. The number of carbonyl (C=O) groups excluding carboxylic acids is 1. The first-order valence-corrected chi connectivity index (χ1v) is 10.2. The number of carbonyl (C=O) groups is 1. The lowest BCUT2D eigenvalue weighted by Crippen LogP contribution is -2.28. The van der Waals surface area contributed by atoms with Crippen LogP contribution in [0.4, 0.5) is 0 Å². The van der Waals surface area contributed by atoms with Crippen LogP contribution >= 0.6 is 11.8 Å². The van der Waals surface area contributed by atoms with Gasteiger partial charge in [-0.25, -0.2) is 0 Å². The Hall–Kier alpha value is -2.67. The normalized spacial score (nSPS) is 18.7. The summed E-state index contributed by atoms with van der Waals surface area (Å²) >= 11 is 1.45. The van der Waals surface area contributed by atoms with E-state index in [9.17, 15) is 4.79 Å².